The van der Waals surface area contributed by atoms with Crippen molar-refractivity contribution in [2.24, 2.45) is 0 Å². The Morgan fingerprint density at radius 1 is 0.647 bits per heavy atom. The molecule has 4 heteroatoms. The highest BCUT2D eigenvalue weighted by Crippen LogP contribution is 2.44. The average molecular weight is 463 g/mol. The molecule has 0 unspecified atom stereocenters. The number of methoxy groups -OCH3 is 1. The molecular weight excluding hydrogens is 424 g/mol. The second-order valence-corrected chi connectivity index (χ2v) is 11.3. The largest absolute Gasteiger partial charge is 0.508 e. The van der Waals surface area contributed by atoms with Crippen molar-refractivity contribution in [2.45, 2.75) is 72.1 Å². The van der Waals surface area contributed by atoms with Crippen LogP contribution in [-0.2, 0) is 10.8 Å². The van der Waals surface area contributed by atoms with Crippen LogP contribution in [0.4, 0.5) is 0 Å². The summed E-state index contributed by atoms with van der Waals surface area (Å²) in [6.07, 6.45) is 0. The van der Waals surface area contributed by atoms with Gasteiger partial charge in [-0.1, -0.05) is 59.7 Å². The van der Waals surface area contributed by atoms with Crippen LogP contribution in [0.5, 0.6) is 23.0 Å². The first-order valence-corrected chi connectivity index (χ1v) is 11.7. The summed E-state index contributed by atoms with van der Waals surface area (Å²) < 4.78 is 5.43. The molecule has 0 saturated carbocycles. The van der Waals surface area contributed by atoms with E-state index < -0.39 is 0 Å². The smallest absolute Gasteiger partial charge is 0.160 e. The topological polar surface area (TPSA) is 69.9 Å². The molecule has 3 aromatic rings. The molecule has 4 nitrogen and oxygen atoms in total. The van der Waals surface area contributed by atoms with Crippen LogP contribution in [0.2, 0.25) is 0 Å². The van der Waals surface area contributed by atoms with Gasteiger partial charge in [0.1, 0.15) is 11.5 Å². The maximum absolute atomic E-state index is 10.7. The Morgan fingerprint density at radius 3 is 1.47 bits per heavy atom. The first kappa shape index (κ1) is 25.5. The van der Waals surface area contributed by atoms with Gasteiger partial charge in [0.25, 0.3) is 0 Å². The van der Waals surface area contributed by atoms with Crippen molar-refractivity contribution in [2.75, 3.05) is 7.11 Å². The van der Waals surface area contributed by atoms with E-state index in [9.17, 15) is 15.3 Å². The van der Waals surface area contributed by atoms with Gasteiger partial charge in [0, 0.05) is 5.92 Å². The zero-order valence-corrected chi connectivity index (χ0v) is 21.9. The normalized spacial score (nSPS) is 12.3. The van der Waals surface area contributed by atoms with Gasteiger partial charge in [0.05, 0.1) is 7.11 Å². The summed E-state index contributed by atoms with van der Waals surface area (Å²) in [5.41, 5.74) is 6.26. The van der Waals surface area contributed by atoms with Gasteiger partial charge >= 0.3 is 0 Å². The maximum atomic E-state index is 10.7. The van der Waals surface area contributed by atoms with Crippen LogP contribution in [0.25, 0.3) is 0 Å². The van der Waals surface area contributed by atoms with Crippen LogP contribution in [0.3, 0.4) is 0 Å². The van der Waals surface area contributed by atoms with Crippen LogP contribution >= 0.6 is 0 Å². The number of aromatic hydroxyl groups is 3. The Kier molecular flexibility index (Phi) is 6.67. The van der Waals surface area contributed by atoms with Gasteiger partial charge in [-0.3, -0.25) is 0 Å². The summed E-state index contributed by atoms with van der Waals surface area (Å²) in [7, 11) is 1.54. The van der Waals surface area contributed by atoms with E-state index in [-0.39, 0.29) is 34.0 Å². The molecule has 0 saturated heterocycles. The summed E-state index contributed by atoms with van der Waals surface area (Å²) in [6, 6.07) is 13.3. The van der Waals surface area contributed by atoms with Crippen LogP contribution in [-0.4, -0.2) is 22.4 Å². The molecular formula is C30H38O4. The summed E-state index contributed by atoms with van der Waals surface area (Å²) >= 11 is 0. The van der Waals surface area contributed by atoms with E-state index in [4.69, 9.17) is 4.74 Å². The molecule has 0 aliphatic carbocycles. The van der Waals surface area contributed by atoms with Gasteiger partial charge in [0.15, 0.2) is 11.5 Å². The lowest BCUT2D eigenvalue weighted by Gasteiger charge is -2.29. The SMILES string of the molecule is COc1cc(C(c2cc(C(C)(C)C)c(O)cc2C)c2cc(C(C)(C)C)c(O)cc2C)ccc1O. The molecule has 34 heavy (non-hydrogen) atoms. The third kappa shape index (κ3) is 4.86. The van der Waals surface area contributed by atoms with Crippen molar-refractivity contribution in [3.63, 3.8) is 0 Å². The quantitative estimate of drug-likeness (QED) is 0.358. The second-order valence-electron chi connectivity index (χ2n) is 11.3. The Hall–Kier alpha value is -3.14. The molecule has 0 bridgehead atoms. The molecule has 3 rings (SSSR count). The molecule has 182 valence electrons. The van der Waals surface area contributed by atoms with E-state index in [0.717, 1.165) is 38.9 Å². The fourth-order valence-corrected chi connectivity index (χ4v) is 4.64. The lowest BCUT2D eigenvalue weighted by Crippen LogP contribution is -2.16. The first-order valence-electron chi connectivity index (χ1n) is 11.7. The zero-order valence-electron chi connectivity index (χ0n) is 21.9. The predicted molar refractivity (Wildman–Crippen MR) is 139 cm³/mol. The number of rotatable bonds is 4. The van der Waals surface area contributed by atoms with E-state index >= 15 is 0 Å². The Morgan fingerprint density at radius 2 is 1.09 bits per heavy atom. The number of phenolic OH excluding ortho intramolecular Hbond substituents is 3. The number of benzene rings is 3. The molecule has 3 aromatic carbocycles. The maximum Gasteiger partial charge on any atom is 0.160 e. The standard InChI is InChI=1S/C30H38O4/c1-17-12-25(32)22(29(3,4)5)15-20(17)28(19-10-11-24(31)27(14-19)34-9)21-16-23(30(6,7)8)26(33)13-18(21)2/h10-16,28,31-33H,1-9H3. The Balaban J connectivity index is 2.42. The van der Waals surface area contributed by atoms with Crippen molar-refractivity contribution >= 4 is 0 Å². The summed E-state index contributed by atoms with van der Waals surface area (Å²) in [6.45, 7) is 16.5. The average Bonchev–Trinajstić information content (AvgIpc) is 2.70. The van der Waals surface area contributed by atoms with Crippen molar-refractivity contribution in [3.05, 3.63) is 81.4 Å². The highest BCUT2D eigenvalue weighted by Gasteiger charge is 2.28. The predicted octanol–water partition coefficient (Wildman–Crippen LogP) is 7.20. The summed E-state index contributed by atoms with van der Waals surface area (Å²) in [5.74, 6) is 0.864. The molecule has 0 aromatic heterocycles. The number of aryl methyl sites for hydroxylation is 2. The number of phenols is 3. The lowest BCUT2D eigenvalue weighted by atomic mass is 9.75. The zero-order chi connectivity index (χ0) is 25.6. The molecule has 3 N–H and O–H groups in total. The van der Waals surface area contributed by atoms with Gasteiger partial charge in [-0.15, -0.1) is 0 Å². The third-order valence-corrected chi connectivity index (χ3v) is 6.54. The molecule has 0 fully saturated rings. The van der Waals surface area contributed by atoms with Gasteiger partial charge < -0.3 is 20.1 Å². The van der Waals surface area contributed by atoms with Crippen LogP contribution in [0.1, 0.15) is 86.4 Å². The van der Waals surface area contributed by atoms with Gasteiger partial charge in [-0.2, -0.15) is 0 Å². The van der Waals surface area contributed by atoms with E-state index in [1.165, 1.54) is 0 Å². The van der Waals surface area contributed by atoms with Crippen molar-refractivity contribution in [1.82, 2.24) is 0 Å². The van der Waals surface area contributed by atoms with E-state index in [0.29, 0.717) is 5.75 Å². The third-order valence-electron chi connectivity index (χ3n) is 6.54. The minimum atomic E-state index is -0.246. The molecule has 0 radical (unpaired) electrons. The molecule has 0 spiro atoms. The molecule has 0 aliphatic heterocycles. The lowest BCUT2D eigenvalue weighted by molar-refractivity contribution is 0.373. The van der Waals surface area contributed by atoms with E-state index in [1.54, 1.807) is 13.2 Å². The van der Waals surface area contributed by atoms with Crippen molar-refractivity contribution in [3.8, 4) is 23.0 Å². The summed E-state index contributed by atoms with van der Waals surface area (Å²) in [4.78, 5) is 0. The van der Waals surface area contributed by atoms with E-state index in [2.05, 4.69) is 53.7 Å². The summed E-state index contributed by atoms with van der Waals surface area (Å²) in [5, 5.41) is 31.7. The van der Waals surface area contributed by atoms with Crippen LogP contribution in [0, 0.1) is 13.8 Å². The van der Waals surface area contributed by atoms with Crippen molar-refractivity contribution < 1.29 is 20.1 Å². The first-order chi connectivity index (χ1) is 15.6. The number of hydrogen-bond acceptors (Lipinski definition) is 4. The van der Waals surface area contributed by atoms with Gasteiger partial charge in [0.2, 0.25) is 0 Å². The highest BCUT2D eigenvalue weighted by molar-refractivity contribution is 5.58. The fourth-order valence-electron chi connectivity index (χ4n) is 4.64. The van der Waals surface area contributed by atoms with Gasteiger partial charge in [-0.05, 0) is 87.9 Å². The highest BCUT2D eigenvalue weighted by atomic mass is 16.5. The van der Waals surface area contributed by atoms with Crippen LogP contribution in [0.15, 0.2) is 42.5 Å². The van der Waals surface area contributed by atoms with Crippen LogP contribution < -0.4 is 4.74 Å². The molecule has 0 amide bonds. The second kappa shape index (κ2) is 8.90. The molecule has 0 heterocycles. The number of ether oxygens (including phenoxy) is 1. The van der Waals surface area contributed by atoms with Crippen molar-refractivity contribution in [1.29, 1.82) is 0 Å². The van der Waals surface area contributed by atoms with Gasteiger partial charge in [-0.25, -0.2) is 0 Å². The Labute approximate surface area is 203 Å². The monoisotopic (exact) mass is 462 g/mol. The number of hydrogen-bond donors (Lipinski definition) is 3. The van der Waals surface area contributed by atoms with E-state index in [1.807, 2.05) is 38.1 Å². The molecule has 0 aliphatic rings. The minimum Gasteiger partial charge on any atom is -0.508 e. The fraction of sp³-hybridized carbons (Fsp3) is 0.400. The Bertz CT molecular complexity index is 1140. The minimum absolute atomic E-state index is 0.0839. The molecule has 0 atom stereocenters.